The summed E-state index contributed by atoms with van der Waals surface area (Å²) in [5, 5.41) is 13.0. The van der Waals surface area contributed by atoms with Gasteiger partial charge in [-0.3, -0.25) is 4.79 Å². The van der Waals surface area contributed by atoms with Crippen molar-refractivity contribution in [3.05, 3.63) is 63.3 Å². The number of halogens is 2. The molecule has 1 aliphatic rings. The third-order valence-corrected chi connectivity index (χ3v) is 5.67. The number of nitrogen functional groups attached to an aromatic ring is 1. The molecule has 1 aliphatic heterocycles. The number of fused-ring (bicyclic) bond motifs is 1. The van der Waals surface area contributed by atoms with Gasteiger partial charge in [0, 0.05) is 32.7 Å². The number of nitrogens with two attached hydrogens (primary N) is 1. The van der Waals surface area contributed by atoms with Gasteiger partial charge in [0.1, 0.15) is 11.3 Å². The van der Waals surface area contributed by atoms with Crippen molar-refractivity contribution >= 4 is 69.5 Å². The molecule has 35 heavy (non-hydrogen) atoms. The number of hydrogen-bond donors (Lipinski definition) is 3. The van der Waals surface area contributed by atoms with Gasteiger partial charge in [-0.25, -0.2) is 19.6 Å². The number of benzene rings is 2. The van der Waals surface area contributed by atoms with E-state index in [1.165, 1.54) is 17.2 Å². The minimum absolute atomic E-state index is 0.155. The van der Waals surface area contributed by atoms with Gasteiger partial charge in [-0.2, -0.15) is 0 Å². The summed E-state index contributed by atoms with van der Waals surface area (Å²) in [4.78, 5) is 41.3. The van der Waals surface area contributed by atoms with Crippen molar-refractivity contribution in [1.82, 2.24) is 9.99 Å². The lowest BCUT2D eigenvalue weighted by Crippen LogP contribution is -2.45. The van der Waals surface area contributed by atoms with Crippen LogP contribution in [-0.2, 0) is 9.53 Å². The summed E-state index contributed by atoms with van der Waals surface area (Å²) in [6.45, 7) is 4.98. The molecule has 1 fully saturated rings. The van der Waals surface area contributed by atoms with Crippen LogP contribution in [0, 0.1) is 0 Å². The Morgan fingerprint density at radius 3 is 2.43 bits per heavy atom. The molecule has 0 unspecified atom stereocenters. The summed E-state index contributed by atoms with van der Waals surface area (Å²) in [6.07, 6.45) is 0.673. The number of anilines is 2. The average Bonchev–Trinajstić information content (AvgIpc) is 3.26. The molecule has 3 aromatic rings. The summed E-state index contributed by atoms with van der Waals surface area (Å²) in [5.41, 5.74) is 6.43. The van der Waals surface area contributed by atoms with Gasteiger partial charge in [0.2, 0.25) is 0 Å². The molecule has 11 heteroatoms. The van der Waals surface area contributed by atoms with Crippen molar-refractivity contribution in [3.8, 4) is 0 Å². The molecule has 0 atom stereocenters. The SMILES string of the molecule is CC(C)(C)OC(=O)N1C/C(=C/c2c(C(=O)O)[nH]c3cc(Cl)cc(Cl)c23)C(=O)N1c1ccc(N)cc1. The standard InChI is InChI=1S/C24H22Cl2N4O5/c1-24(2,3)35-23(34)29-11-12(21(31)30(29)15-6-4-14(27)5-7-15)8-16-19-17(26)9-13(25)10-18(19)28-20(16)22(32)33/h4-10,28H,11,27H2,1-3H3,(H,32,33)/b12-8-. The maximum absolute atomic E-state index is 13.5. The van der Waals surface area contributed by atoms with E-state index in [4.69, 9.17) is 33.7 Å². The number of H-pyrrole nitrogens is 1. The number of aromatic amines is 1. The molecular formula is C24H22Cl2N4O5. The zero-order valence-electron chi connectivity index (χ0n) is 19.1. The Bertz CT molecular complexity index is 1390. The van der Waals surface area contributed by atoms with E-state index in [9.17, 15) is 19.5 Å². The molecule has 9 nitrogen and oxygen atoms in total. The lowest BCUT2D eigenvalue weighted by atomic mass is 10.1. The smallest absolute Gasteiger partial charge is 0.430 e. The maximum Gasteiger partial charge on any atom is 0.430 e. The van der Waals surface area contributed by atoms with E-state index in [0.717, 1.165) is 5.01 Å². The number of hydrogen-bond acceptors (Lipinski definition) is 5. The second-order valence-electron chi connectivity index (χ2n) is 8.95. The van der Waals surface area contributed by atoms with E-state index in [-0.39, 0.29) is 28.4 Å². The van der Waals surface area contributed by atoms with Gasteiger partial charge in [-0.15, -0.1) is 0 Å². The van der Waals surface area contributed by atoms with Gasteiger partial charge in [0.15, 0.2) is 0 Å². The largest absolute Gasteiger partial charge is 0.477 e. The van der Waals surface area contributed by atoms with E-state index >= 15 is 0 Å². The zero-order valence-corrected chi connectivity index (χ0v) is 20.6. The molecular weight excluding hydrogens is 495 g/mol. The third kappa shape index (κ3) is 4.78. The number of ether oxygens (including phenoxy) is 1. The molecule has 1 saturated heterocycles. The fourth-order valence-electron chi connectivity index (χ4n) is 3.75. The molecule has 0 bridgehead atoms. The number of carbonyl (C=O) groups excluding carboxylic acids is 2. The van der Waals surface area contributed by atoms with Crippen molar-refractivity contribution in [1.29, 1.82) is 0 Å². The first-order valence-electron chi connectivity index (χ1n) is 10.5. The summed E-state index contributed by atoms with van der Waals surface area (Å²) < 4.78 is 5.50. The highest BCUT2D eigenvalue weighted by Gasteiger charge is 2.40. The topological polar surface area (TPSA) is 129 Å². The highest BCUT2D eigenvalue weighted by atomic mass is 35.5. The second kappa shape index (κ2) is 8.83. The number of rotatable bonds is 3. The van der Waals surface area contributed by atoms with Crippen LogP contribution < -0.4 is 10.7 Å². The predicted molar refractivity (Wildman–Crippen MR) is 135 cm³/mol. The molecule has 0 radical (unpaired) electrons. The third-order valence-electron chi connectivity index (χ3n) is 5.16. The summed E-state index contributed by atoms with van der Waals surface area (Å²) >= 11 is 12.4. The van der Waals surface area contributed by atoms with Crippen molar-refractivity contribution in [2.24, 2.45) is 0 Å². The van der Waals surface area contributed by atoms with Crippen molar-refractivity contribution in [3.63, 3.8) is 0 Å². The quantitative estimate of drug-likeness (QED) is 0.318. The minimum atomic E-state index is -1.25. The van der Waals surface area contributed by atoms with Gasteiger partial charge in [0.05, 0.1) is 17.3 Å². The summed E-state index contributed by atoms with van der Waals surface area (Å²) in [7, 11) is 0. The van der Waals surface area contributed by atoms with Crippen LogP contribution in [0.2, 0.25) is 10.0 Å². The average molecular weight is 517 g/mol. The fourth-order valence-corrected chi connectivity index (χ4v) is 4.34. The highest BCUT2D eigenvalue weighted by molar-refractivity contribution is 6.39. The first-order chi connectivity index (χ1) is 16.4. The van der Waals surface area contributed by atoms with Gasteiger partial charge >= 0.3 is 12.1 Å². The first-order valence-corrected chi connectivity index (χ1v) is 11.3. The number of amides is 2. The minimum Gasteiger partial charge on any atom is -0.477 e. The molecule has 1 aromatic heterocycles. The van der Waals surface area contributed by atoms with E-state index in [2.05, 4.69) is 4.98 Å². The first kappa shape index (κ1) is 24.4. The Kier molecular flexibility index (Phi) is 6.16. The Balaban J connectivity index is 1.86. The molecule has 2 amide bonds. The van der Waals surface area contributed by atoms with Crippen LogP contribution in [0.15, 0.2) is 42.0 Å². The number of carbonyl (C=O) groups is 3. The maximum atomic E-state index is 13.5. The fraction of sp³-hybridized carbons (Fsp3) is 0.208. The van der Waals surface area contributed by atoms with Crippen LogP contribution in [0.25, 0.3) is 17.0 Å². The number of carboxylic acid groups (broad SMARTS) is 1. The molecule has 4 rings (SSSR count). The Labute approximate surface area is 210 Å². The van der Waals surface area contributed by atoms with Gasteiger partial charge in [-0.1, -0.05) is 23.2 Å². The van der Waals surface area contributed by atoms with Crippen LogP contribution in [-0.4, -0.2) is 45.2 Å². The normalized spacial score (nSPS) is 15.3. The van der Waals surface area contributed by atoms with Gasteiger partial charge in [0.25, 0.3) is 5.91 Å². The highest BCUT2D eigenvalue weighted by Crippen LogP contribution is 2.36. The lowest BCUT2D eigenvalue weighted by molar-refractivity contribution is -0.115. The van der Waals surface area contributed by atoms with E-state index in [1.54, 1.807) is 51.1 Å². The van der Waals surface area contributed by atoms with Crippen molar-refractivity contribution < 1.29 is 24.2 Å². The summed E-state index contributed by atoms with van der Waals surface area (Å²) in [6, 6.07) is 9.42. The number of aromatic carboxylic acids is 1. The van der Waals surface area contributed by atoms with Crippen LogP contribution in [0.1, 0.15) is 36.8 Å². The van der Waals surface area contributed by atoms with Gasteiger partial charge < -0.3 is 20.6 Å². The molecule has 4 N–H and O–H groups in total. The van der Waals surface area contributed by atoms with Crippen LogP contribution in [0.4, 0.5) is 16.2 Å². The van der Waals surface area contributed by atoms with Crippen LogP contribution >= 0.6 is 23.2 Å². The number of aromatic nitrogens is 1. The van der Waals surface area contributed by atoms with E-state index in [1.807, 2.05) is 0 Å². The number of hydrazine groups is 1. The molecule has 0 aliphatic carbocycles. The molecule has 0 spiro atoms. The van der Waals surface area contributed by atoms with Crippen LogP contribution in [0.5, 0.6) is 0 Å². The predicted octanol–water partition coefficient (Wildman–Crippen LogP) is 5.34. The Morgan fingerprint density at radius 1 is 1.17 bits per heavy atom. The molecule has 2 heterocycles. The van der Waals surface area contributed by atoms with Crippen molar-refractivity contribution in [2.45, 2.75) is 26.4 Å². The van der Waals surface area contributed by atoms with Gasteiger partial charge in [-0.05, 0) is 63.2 Å². The second-order valence-corrected chi connectivity index (χ2v) is 9.79. The Hall–Kier alpha value is -3.69. The van der Waals surface area contributed by atoms with E-state index < -0.39 is 23.6 Å². The monoisotopic (exact) mass is 516 g/mol. The zero-order chi connectivity index (χ0) is 25.7. The number of nitrogens with one attached hydrogen (secondary N) is 1. The van der Waals surface area contributed by atoms with E-state index in [0.29, 0.717) is 27.3 Å². The summed E-state index contributed by atoms with van der Waals surface area (Å²) in [5.74, 6) is -1.78. The molecule has 0 saturated carbocycles. The van der Waals surface area contributed by atoms with Crippen LogP contribution in [0.3, 0.4) is 0 Å². The molecule has 182 valence electrons. The lowest BCUT2D eigenvalue weighted by Gasteiger charge is -2.30. The number of nitrogens with zero attached hydrogens (tertiary/aromatic N) is 2. The van der Waals surface area contributed by atoms with Crippen molar-refractivity contribution in [2.75, 3.05) is 17.3 Å². The molecule has 2 aromatic carbocycles. The number of carboxylic acids is 1. The Morgan fingerprint density at radius 2 is 1.83 bits per heavy atom.